The molecule has 0 aliphatic carbocycles. The van der Waals surface area contributed by atoms with E-state index in [0.717, 1.165) is 12.0 Å². The van der Waals surface area contributed by atoms with Crippen molar-refractivity contribution in [3.63, 3.8) is 0 Å². The van der Waals surface area contributed by atoms with E-state index in [1.54, 1.807) is 4.90 Å². The Balaban J connectivity index is 0.000000308. The zero-order valence-corrected chi connectivity index (χ0v) is 16.4. The molecule has 0 saturated carbocycles. The third-order valence-corrected chi connectivity index (χ3v) is 4.33. The Labute approximate surface area is 169 Å². The highest BCUT2D eigenvalue weighted by molar-refractivity contribution is 5.87. The first-order valence-electron chi connectivity index (χ1n) is 9.24. The van der Waals surface area contributed by atoms with Crippen molar-refractivity contribution >= 4 is 24.0 Å². The average Bonchev–Trinajstić information content (AvgIpc) is 3.08. The molecule has 1 aromatic carbocycles. The molecule has 1 heterocycles. The van der Waals surface area contributed by atoms with Crippen LogP contribution in [-0.2, 0) is 19.1 Å². The van der Waals surface area contributed by atoms with Gasteiger partial charge in [-0.3, -0.25) is 9.59 Å². The number of carbonyl (C=O) groups excluding carboxylic acids is 4. The van der Waals surface area contributed by atoms with Crippen molar-refractivity contribution in [3.05, 3.63) is 35.9 Å². The monoisotopic (exact) mass is 408 g/mol. The summed E-state index contributed by atoms with van der Waals surface area (Å²) in [5.41, 5.74) is 15.8. The van der Waals surface area contributed by atoms with Crippen LogP contribution in [0.3, 0.4) is 0 Å². The molecule has 2 rings (SSSR count). The second-order valence-electron chi connectivity index (χ2n) is 6.38. The van der Waals surface area contributed by atoms with Crippen molar-refractivity contribution in [2.45, 2.75) is 38.1 Å². The zero-order chi connectivity index (χ0) is 21.8. The van der Waals surface area contributed by atoms with Crippen LogP contribution < -0.4 is 17.2 Å². The van der Waals surface area contributed by atoms with E-state index >= 15 is 0 Å². The Morgan fingerprint density at radius 2 is 1.59 bits per heavy atom. The van der Waals surface area contributed by atoms with E-state index in [0.29, 0.717) is 19.4 Å². The maximum absolute atomic E-state index is 11.2. The number of amides is 4. The van der Waals surface area contributed by atoms with Crippen LogP contribution in [0.2, 0.25) is 0 Å². The molecule has 10 heteroatoms. The summed E-state index contributed by atoms with van der Waals surface area (Å²) in [4.78, 5) is 44.8. The van der Waals surface area contributed by atoms with Crippen LogP contribution in [0.15, 0.2) is 30.3 Å². The molecule has 0 aromatic heterocycles. The molecule has 0 bridgehead atoms. The average molecular weight is 408 g/mol. The number of nitrogens with zero attached hydrogens (tertiary/aromatic N) is 1. The minimum Gasteiger partial charge on any atom is -0.449 e. The van der Waals surface area contributed by atoms with E-state index in [1.165, 1.54) is 0 Å². The molecule has 29 heavy (non-hydrogen) atoms. The second-order valence-corrected chi connectivity index (χ2v) is 6.38. The molecule has 0 radical (unpaired) electrons. The van der Waals surface area contributed by atoms with Crippen molar-refractivity contribution in [2.24, 2.45) is 17.2 Å². The minimum atomic E-state index is -0.870. The van der Waals surface area contributed by atoms with Gasteiger partial charge in [-0.05, 0) is 18.4 Å². The fourth-order valence-electron chi connectivity index (χ4n) is 2.90. The van der Waals surface area contributed by atoms with Gasteiger partial charge >= 0.3 is 12.2 Å². The highest BCUT2D eigenvalue weighted by Crippen LogP contribution is 2.16. The summed E-state index contributed by atoms with van der Waals surface area (Å²) in [5.74, 6) is -0.621. The number of carbonyl (C=O) groups is 4. The van der Waals surface area contributed by atoms with Gasteiger partial charge in [-0.2, -0.15) is 0 Å². The number of rotatable bonds is 8. The Hall–Kier alpha value is -3.30. The van der Waals surface area contributed by atoms with Crippen LogP contribution in [0, 0.1) is 0 Å². The van der Waals surface area contributed by atoms with Gasteiger partial charge in [0, 0.05) is 13.0 Å². The Bertz CT molecular complexity index is 679. The molecule has 1 aromatic rings. The summed E-state index contributed by atoms with van der Waals surface area (Å²) < 4.78 is 9.39. The molecule has 1 fully saturated rings. The number of benzene rings is 1. The number of ether oxygens (including phenoxy) is 2. The first kappa shape index (κ1) is 23.7. The van der Waals surface area contributed by atoms with Gasteiger partial charge in [-0.25, -0.2) is 9.59 Å². The molecule has 0 spiro atoms. The van der Waals surface area contributed by atoms with E-state index in [1.807, 2.05) is 37.3 Å². The van der Waals surface area contributed by atoms with Gasteiger partial charge in [0.05, 0.1) is 5.92 Å². The lowest BCUT2D eigenvalue weighted by Crippen LogP contribution is -2.44. The number of hydrogen-bond donors (Lipinski definition) is 3. The van der Waals surface area contributed by atoms with Crippen LogP contribution in [0.5, 0.6) is 0 Å². The molecule has 6 N–H and O–H groups in total. The molecule has 0 unspecified atom stereocenters. The molecule has 1 aliphatic rings. The minimum absolute atomic E-state index is 0.0344. The van der Waals surface area contributed by atoms with Crippen LogP contribution in [0.25, 0.3) is 0 Å². The number of nitrogens with two attached hydrogens (primary N) is 3. The van der Waals surface area contributed by atoms with E-state index in [9.17, 15) is 19.2 Å². The Morgan fingerprint density at radius 3 is 1.97 bits per heavy atom. The summed E-state index contributed by atoms with van der Waals surface area (Å²) in [5, 5.41) is 0. The lowest BCUT2D eigenvalue weighted by atomic mass is 10.0. The van der Waals surface area contributed by atoms with E-state index < -0.39 is 18.1 Å². The summed E-state index contributed by atoms with van der Waals surface area (Å²) >= 11 is 0. The molecule has 160 valence electrons. The summed E-state index contributed by atoms with van der Waals surface area (Å²) in [6, 6.07) is 8.79. The fourth-order valence-corrected chi connectivity index (χ4v) is 2.90. The molecular formula is C19H28N4O6. The summed E-state index contributed by atoms with van der Waals surface area (Å²) in [7, 11) is 0. The van der Waals surface area contributed by atoms with Crippen LogP contribution in [0.4, 0.5) is 9.59 Å². The van der Waals surface area contributed by atoms with E-state index in [4.69, 9.17) is 26.7 Å². The van der Waals surface area contributed by atoms with E-state index in [-0.39, 0.29) is 31.1 Å². The van der Waals surface area contributed by atoms with Crippen molar-refractivity contribution in [1.29, 1.82) is 0 Å². The van der Waals surface area contributed by atoms with Gasteiger partial charge in [0.1, 0.15) is 19.3 Å². The smallest absolute Gasteiger partial charge is 0.404 e. The number of likely N-dealkylation sites (tertiary alicyclic amines) is 1. The fraction of sp³-hybridized carbons (Fsp3) is 0.474. The Kier molecular flexibility index (Phi) is 10.00. The Morgan fingerprint density at radius 1 is 1.03 bits per heavy atom. The van der Waals surface area contributed by atoms with Crippen molar-refractivity contribution < 1.29 is 28.7 Å². The number of primary amides is 3. The molecule has 4 amide bonds. The maximum Gasteiger partial charge on any atom is 0.404 e. The van der Waals surface area contributed by atoms with Gasteiger partial charge in [0.2, 0.25) is 11.8 Å². The summed E-state index contributed by atoms with van der Waals surface area (Å²) in [6.07, 6.45) is 0.281. The lowest BCUT2D eigenvalue weighted by Gasteiger charge is -2.23. The normalized spacial score (nSPS) is 14.0. The third-order valence-electron chi connectivity index (χ3n) is 4.33. The van der Waals surface area contributed by atoms with Gasteiger partial charge in [0.15, 0.2) is 0 Å². The first-order valence-corrected chi connectivity index (χ1v) is 9.24. The predicted molar refractivity (Wildman–Crippen MR) is 104 cm³/mol. The molecular weight excluding hydrogens is 380 g/mol. The van der Waals surface area contributed by atoms with Crippen LogP contribution in [-0.4, -0.2) is 54.7 Å². The van der Waals surface area contributed by atoms with Crippen molar-refractivity contribution in [1.82, 2.24) is 4.90 Å². The molecule has 10 nitrogen and oxygen atoms in total. The standard InChI is InChI=1S/C11H14N2O4.C8H14N2O2/c12-10(14)16-6-9(7-17-11(13)15)8-4-2-1-3-5-8;1-2-6(8(9)12)10-5-3-4-7(10)11/h1-5,9H,6-7H2,(H2,12,14)(H2,13,15);6H,2-5H2,1H3,(H2,9,12)/t;6-/m.0/s1. The van der Waals surface area contributed by atoms with Crippen molar-refractivity contribution in [2.75, 3.05) is 19.8 Å². The zero-order valence-electron chi connectivity index (χ0n) is 16.4. The topological polar surface area (TPSA) is 168 Å². The lowest BCUT2D eigenvalue weighted by molar-refractivity contribution is -0.136. The van der Waals surface area contributed by atoms with Gasteiger partial charge in [-0.1, -0.05) is 37.3 Å². The molecule has 1 aliphatic heterocycles. The van der Waals surface area contributed by atoms with Gasteiger partial charge in [0.25, 0.3) is 0 Å². The predicted octanol–water partition coefficient (Wildman–Crippen LogP) is 0.834. The van der Waals surface area contributed by atoms with Gasteiger partial charge in [-0.15, -0.1) is 0 Å². The first-order chi connectivity index (χ1) is 13.8. The van der Waals surface area contributed by atoms with Crippen LogP contribution >= 0.6 is 0 Å². The number of hydrogen-bond acceptors (Lipinski definition) is 6. The summed E-state index contributed by atoms with van der Waals surface area (Å²) in [6.45, 7) is 2.61. The quantitative estimate of drug-likeness (QED) is 0.575. The van der Waals surface area contributed by atoms with Gasteiger partial charge < -0.3 is 31.6 Å². The largest absolute Gasteiger partial charge is 0.449 e. The molecule has 1 saturated heterocycles. The highest BCUT2D eigenvalue weighted by Gasteiger charge is 2.29. The third kappa shape index (κ3) is 8.50. The second kappa shape index (κ2) is 12.2. The van der Waals surface area contributed by atoms with Crippen LogP contribution in [0.1, 0.15) is 37.7 Å². The SMILES string of the molecule is CC[C@@H](C(N)=O)N1CCCC1=O.NC(=O)OCC(COC(N)=O)c1ccccc1. The highest BCUT2D eigenvalue weighted by atomic mass is 16.6. The maximum atomic E-state index is 11.2. The van der Waals surface area contributed by atoms with Crippen molar-refractivity contribution in [3.8, 4) is 0 Å². The van der Waals surface area contributed by atoms with E-state index in [2.05, 4.69) is 0 Å². The molecule has 1 atom stereocenters.